The minimum absolute atomic E-state index is 0.0277. The molecule has 12 nitrogen and oxygen atoms in total. The molecule has 0 aromatic heterocycles. The summed E-state index contributed by atoms with van der Waals surface area (Å²) >= 11 is 0. The first-order valence-corrected chi connectivity index (χ1v) is 14.3. The molecule has 5 N–H and O–H groups in total. The molecule has 0 aliphatic carbocycles. The molecular formula is C31H41N5O7. The van der Waals surface area contributed by atoms with Crippen LogP contribution in [0, 0.1) is 5.92 Å². The molecule has 232 valence electrons. The lowest BCUT2D eigenvalue weighted by Crippen LogP contribution is -2.60. The van der Waals surface area contributed by atoms with E-state index in [-0.39, 0.29) is 44.3 Å². The first-order chi connectivity index (χ1) is 20.5. The molecule has 43 heavy (non-hydrogen) atoms. The Morgan fingerprint density at radius 2 is 1.60 bits per heavy atom. The van der Waals surface area contributed by atoms with Gasteiger partial charge in [-0.1, -0.05) is 56.3 Å². The van der Waals surface area contributed by atoms with Crippen molar-refractivity contribution in [1.82, 2.24) is 26.2 Å². The van der Waals surface area contributed by atoms with Crippen LogP contribution in [0.1, 0.15) is 31.9 Å². The Hall–Kier alpha value is -4.45. The lowest BCUT2D eigenvalue weighted by atomic mass is 10.0. The van der Waals surface area contributed by atoms with Crippen LogP contribution in [0.5, 0.6) is 5.75 Å². The molecule has 1 aliphatic rings. The zero-order valence-electron chi connectivity index (χ0n) is 25.0. The number of hydrogen-bond acceptors (Lipinski definition) is 7. The summed E-state index contributed by atoms with van der Waals surface area (Å²) in [5.41, 5.74) is 1.43. The molecule has 1 saturated heterocycles. The lowest BCUT2D eigenvalue weighted by Gasteiger charge is -2.27. The molecule has 0 radical (unpaired) electrons. The van der Waals surface area contributed by atoms with E-state index in [1.165, 1.54) is 18.9 Å². The Balaban J connectivity index is 1.90. The molecule has 2 aromatic carbocycles. The number of carbonyl (C=O) groups excluding carboxylic acids is 5. The van der Waals surface area contributed by atoms with Crippen LogP contribution in [0.4, 0.5) is 0 Å². The van der Waals surface area contributed by atoms with Gasteiger partial charge in [-0.05, 0) is 36.1 Å². The van der Waals surface area contributed by atoms with E-state index < -0.39 is 47.9 Å². The maximum Gasteiger partial charge on any atom is 0.245 e. The highest BCUT2D eigenvalue weighted by Gasteiger charge is 2.33. The van der Waals surface area contributed by atoms with E-state index in [4.69, 9.17) is 4.74 Å². The van der Waals surface area contributed by atoms with Gasteiger partial charge in [0.25, 0.3) is 0 Å². The molecule has 1 fully saturated rings. The fourth-order valence-electron chi connectivity index (χ4n) is 4.69. The molecule has 1 aliphatic heterocycles. The van der Waals surface area contributed by atoms with E-state index in [0.29, 0.717) is 11.3 Å². The Kier molecular flexibility index (Phi) is 12.1. The predicted molar refractivity (Wildman–Crippen MR) is 159 cm³/mol. The molecule has 0 unspecified atom stereocenters. The van der Waals surface area contributed by atoms with Crippen LogP contribution in [-0.4, -0.2) is 90.5 Å². The standard InChI is InChI=1S/C31H41N5O7/c1-19(2)27-31(42)33-24(16-21-9-6-5-7-10-21)29(40)35-28(20(3)37)30(41)32-13-14-36(18-25(38)34-27)26(39)17-22-11-8-12-23(15-22)43-4/h5-12,15,19-20,24,27-28,37H,13-14,16-18H2,1-4H3,(H,32,41)(H,33,42)(H,34,38)(H,35,40)/t20-,24+,27-,28+/m1/s1. The van der Waals surface area contributed by atoms with Crippen molar-refractivity contribution in [3.05, 3.63) is 65.7 Å². The first-order valence-electron chi connectivity index (χ1n) is 14.3. The zero-order valence-corrected chi connectivity index (χ0v) is 25.0. The highest BCUT2D eigenvalue weighted by molar-refractivity contribution is 5.95. The third-order valence-electron chi connectivity index (χ3n) is 7.10. The highest BCUT2D eigenvalue weighted by atomic mass is 16.5. The fraction of sp³-hybridized carbons (Fsp3) is 0.452. The smallest absolute Gasteiger partial charge is 0.245 e. The summed E-state index contributed by atoms with van der Waals surface area (Å²) in [5.74, 6) is -2.66. The molecule has 0 saturated carbocycles. The van der Waals surface area contributed by atoms with Crippen molar-refractivity contribution in [2.75, 3.05) is 26.7 Å². The molecule has 0 bridgehead atoms. The van der Waals surface area contributed by atoms with Gasteiger partial charge in [0.05, 0.1) is 26.2 Å². The molecule has 1 heterocycles. The average Bonchev–Trinajstić information content (AvgIpc) is 2.97. The third kappa shape index (κ3) is 9.81. The van der Waals surface area contributed by atoms with Crippen LogP contribution in [0.25, 0.3) is 0 Å². The van der Waals surface area contributed by atoms with E-state index in [1.807, 2.05) is 6.07 Å². The predicted octanol–water partition coefficient (Wildman–Crippen LogP) is -0.0700. The van der Waals surface area contributed by atoms with Gasteiger partial charge >= 0.3 is 0 Å². The monoisotopic (exact) mass is 595 g/mol. The Morgan fingerprint density at radius 1 is 0.907 bits per heavy atom. The average molecular weight is 596 g/mol. The summed E-state index contributed by atoms with van der Waals surface area (Å²) in [6.45, 7) is 4.43. The number of carbonyl (C=O) groups is 5. The molecule has 0 spiro atoms. The van der Waals surface area contributed by atoms with Gasteiger partial charge in [-0.2, -0.15) is 0 Å². The van der Waals surface area contributed by atoms with Crippen molar-refractivity contribution in [3.8, 4) is 5.75 Å². The topological polar surface area (TPSA) is 166 Å². The van der Waals surface area contributed by atoms with Crippen LogP contribution in [0.15, 0.2) is 54.6 Å². The van der Waals surface area contributed by atoms with Gasteiger partial charge < -0.3 is 36.0 Å². The van der Waals surface area contributed by atoms with Gasteiger partial charge in [-0.15, -0.1) is 0 Å². The van der Waals surface area contributed by atoms with E-state index in [2.05, 4.69) is 21.3 Å². The second-order valence-corrected chi connectivity index (χ2v) is 10.9. The molecule has 3 rings (SSSR count). The number of amides is 5. The zero-order chi connectivity index (χ0) is 31.5. The van der Waals surface area contributed by atoms with Crippen molar-refractivity contribution in [3.63, 3.8) is 0 Å². The van der Waals surface area contributed by atoms with Crippen LogP contribution in [0.2, 0.25) is 0 Å². The largest absolute Gasteiger partial charge is 0.497 e. The van der Waals surface area contributed by atoms with Crippen LogP contribution in [0.3, 0.4) is 0 Å². The van der Waals surface area contributed by atoms with Gasteiger partial charge in [0, 0.05) is 19.5 Å². The number of nitrogens with one attached hydrogen (secondary N) is 4. The number of ether oxygens (including phenoxy) is 1. The summed E-state index contributed by atoms with van der Waals surface area (Å²) in [7, 11) is 1.52. The number of nitrogens with zero attached hydrogens (tertiary/aromatic N) is 1. The van der Waals surface area contributed by atoms with Crippen molar-refractivity contribution in [1.29, 1.82) is 0 Å². The van der Waals surface area contributed by atoms with Gasteiger partial charge in [-0.25, -0.2) is 0 Å². The number of methoxy groups -OCH3 is 1. The second kappa shape index (κ2) is 15.7. The number of benzene rings is 2. The van der Waals surface area contributed by atoms with Gasteiger partial charge in [0.2, 0.25) is 29.5 Å². The number of aliphatic hydroxyl groups excluding tert-OH is 1. The summed E-state index contributed by atoms with van der Waals surface area (Å²) in [4.78, 5) is 67.7. The molecular weight excluding hydrogens is 554 g/mol. The first kappa shape index (κ1) is 33.1. The minimum atomic E-state index is -1.32. The van der Waals surface area contributed by atoms with E-state index in [0.717, 1.165) is 5.56 Å². The van der Waals surface area contributed by atoms with E-state index in [9.17, 15) is 29.1 Å². The molecule has 12 heteroatoms. The van der Waals surface area contributed by atoms with Crippen molar-refractivity contribution >= 4 is 29.5 Å². The molecule has 4 atom stereocenters. The minimum Gasteiger partial charge on any atom is -0.497 e. The summed E-state index contributed by atoms with van der Waals surface area (Å²) in [5, 5.41) is 21.0. The van der Waals surface area contributed by atoms with Gasteiger partial charge in [-0.3, -0.25) is 24.0 Å². The fourth-order valence-corrected chi connectivity index (χ4v) is 4.69. The third-order valence-corrected chi connectivity index (χ3v) is 7.10. The van der Waals surface area contributed by atoms with Crippen molar-refractivity contribution in [2.45, 2.75) is 57.8 Å². The number of aliphatic hydroxyl groups is 1. The second-order valence-electron chi connectivity index (χ2n) is 10.9. The SMILES string of the molecule is COc1cccc(CC(=O)N2CCNC(=O)[C@H]([C@@H](C)O)NC(=O)[C@H](Cc3ccccc3)NC(=O)[C@@H](C(C)C)NC(=O)C2)c1. The van der Waals surface area contributed by atoms with Gasteiger partial charge in [0.15, 0.2) is 0 Å². The van der Waals surface area contributed by atoms with Crippen LogP contribution in [-0.2, 0) is 36.8 Å². The van der Waals surface area contributed by atoms with Crippen LogP contribution >= 0.6 is 0 Å². The lowest BCUT2D eigenvalue weighted by molar-refractivity contribution is -0.137. The summed E-state index contributed by atoms with van der Waals surface area (Å²) in [6.07, 6.45) is -1.18. The normalized spacial score (nSPS) is 21.4. The van der Waals surface area contributed by atoms with E-state index in [1.54, 1.807) is 62.4 Å². The molecule has 2 aromatic rings. The molecule has 5 amide bonds. The number of hydrogen-bond donors (Lipinski definition) is 5. The summed E-state index contributed by atoms with van der Waals surface area (Å²) in [6, 6.07) is 12.6. The Morgan fingerprint density at radius 3 is 2.26 bits per heavy atom. The highest BCUT2D eigenvalue weighted by Crippen LogP contribution is 2.14. The Labute approximate surface area is 251 Å². The summed E-state index contributed by atoms with van der Waals surface area (Å²) < 4.78 is 5.23. The number of rotatable bonds is 7. The Bertz CT molecular complexity index is 1280. The van der Waals surface area contributed by atoms with Crippen LogP contribution < -0.4 is 26.0 Å². The van der Waals surface area contributed by atoms with Crippen molar-refractivity contribution < 1.29 is 33.8 Å². The maximum atomic E-state index is 13.5. The van der Waals surface area contributed by atoms with E-state index >= 15 is 0 Å². The maximum absolute atomic E-state index is 13.5. The van der Waals surface area contributed by atoms with Crippen molar-refractivity contribution in [2.24, 2.45) is 5.92 Å². The quantitative estimate of drug-likeness (QED) is 0.299. The van der Waals surface area contributed by atoms with Gasteiger partial charge in [0.1, 0.15) is 23.9 Å².